The number of amides is 2. The summed E-state index contributed by atoms with van der Waals surface area (Å²) in [6.07, 6.45) is 1.05. The molecule has 2 aliphatic heterocycles. The van der Waals surface area contributed by atoms with Crippen LogP contribution in [0.1, 0.15) is 12.0 Å². The van der Waals surface area contributed by atoms with Gasteiger partial charge in [0.15, 0.2) is 0 Å². The number of nitrogens with one attached hydrogen (secondary N) is 2. The number of fused-ring (bicyclic) bond motifs is 1. The number of anilines is 1. The highest BCUT2D eigenvalue weighted by molar-refractivity contribution is 5.92. The summed E-state index contributed by atoms with van der Waals surface area (Å²) in [5, 5.41) is 6.24. The minimum atomic E-state index is 0.0346. The van der Waals surface area contributed by atoms with E-state index in [2.05, 4.69) is 16.7 Å². The molecule has 1 aromatic carbocycles. The predicted octanol–water partition coefficient (Wildman–Crippen LogP) is 1.40. The first-order valence-corrected chi connectivity index (χ1v) is 5.71. The second-order valence-electron chi connectivity index (χ2n) is 4.36. The van der Waals surface area contributed by atoms with Gasteiger partial charge in [0.05, 0.1) is 0 Å². The average Bonchev–Trinajstić information content (AvgIpc) is 2.81. The number of benzene rings is 1. The maximum absolute atomic E-state index is 11.9. The second kappa shape index (κ2) is 3.79. The molecule has 0 aliphatic carbocycles. The van der Waals surface area contributed by atoms with Crippen LogP contribution in [-0.4, -0.2) is 30.1 Å². The Bertz CT molecular complexity index is 412. The molecular formula is C12H15N3O. The van der Waals surface area contributed by atoms with Crippen molar-refractivity contribution in [2.75, 3.05) is 18.4 Å². The molecule has 2 heterocycles. The van der Waals surface area contributed by atoms with E-state index in [1.807, 2.05) is 23.1 Å². The van der Waals surface area contributed by atoms with E-state index in [1.54, 1.807) is 0 Å². The molecule has 1 aromatic rings. The van der Waals surface area contributed by atoms with E-state index in [1.165, 1.54) is 5.56 Å². The standard InChI is InChI=1S/C12H15N3O/c16-12-14-11-4-2-1-3-9(11)8-15(12)10-5-6-13-7-10/h1-4,10,13H,5-8H2,(H,14,16). The van der Waals surface area contributed by atoms with E-state index in [4.69, 9.17) is 0 Å². The summed E-state index contributed by atoms with van der Waals surface area (Å²) in [4.78, 5) is 13.9. The van der Waals surface area contributed by atoms with Crippen molar-refractivity contribution in [3.63, 3.8) is 0 Å². The molecule has 16 heavy (non-hydrogen) atoms. The predicted molar refractivity (Wildman–Crippen MR) is 62.3 cm³/mol. The lowest BCUT2D eigenvalue weighted by atomic mass is 10.1. The first-order chi connectivity index (χ1) is 7.84. The molecule has 1 saturated heterocycles. The highest BCUT2D eigenvalue weighted by atomic mass is 16.2. The number of hydrogen-bond acceptors (Lipinski definition) is 2. The molecule has 1 fully saturated rings. The largest absolute Gasteiger partial charge is 0.322 e. The minimum absolute atomic E-state index is 0.0346. The van der Waals surface area contributed by atoms with Crippen molar-refractivity contribution in [1.29, 1.82) is 0 Å². The Labute approximate surface area is 94.6 Å². The quantitative estimate of drug-likeness (QED) is 0.746. The molecule has 0 saturated carbocycles. The number of carbonyl (C=O) groups excluding carboxylic acids is 1. The van der Waals surface area contributed by atoms with Crippen molar-refractivity contribution in [3.8, 4) is 0 Å². The number of rotatable bonds is 1. The summed E-state index contributed by atoms with van der Waals surface area (Å²) in [6.45, 7) is 2.65. The van der Waals surface area contributed by atoms with Gasteiger partial charge in [0.2, 0.25) is 0 Å². The van der Waals surface area contributed by atoms with Crippen LogP contribution in [0.25, 0.3) is 0 Å². The monoisotopic (exact) mass is 217 g/mol. The Kier molecular flexibility index (Phi) is 2.29. The van der Waals surface area contributed by atoms with Crippen LogP contribution in [0.5, 0.6) is 0 Å². The molecule has 84 valence electrons. The number of hydrogen-bond donors (Lipinski definition) is 2. The van der Waals surface area contributed by atoms with Gasteiger partial charge in [-0.15, -0.1) is 0 Å². The van der Waals surface area contributed by atoms with E-state index in [9.17, 15) is 4.79 Å². The summed E-state index contributed by atoms with van der Waals surface area (Å²) in [5.41, 5.74) is 2.16. The number of urea groups is 1. The lowest BCUT2D eigenvalue weighted by Gasteiger charge is -2.33. The molecule has 1 unspecified atom stereocenters. The van der Waals surface area contributed by atoms with Crippen molar-refractivity contribution in [2.45, 2.75) is 19.0 Å². The summed E-state index contributed by atoms with van der Waals surface area (Å²) in [6, 6.07) is 8.37. The Morgan fingerprint density at radius 1 is 1.31 bits per heavy atom. The second-order valence-corrected chi connectivity index (χ2v) is 4.36. The van der Waals surface area contributed by atoms with Crippen LogP contribution in [0.3, 0.4) is 0 Å². The fraction of sp³-hybridized carbons (Fsp3) is 0.417. The molecule has 4 nitrogen and oxygen atoms in total. The van der Waals surface area contributed by atoms with E-state index < -0.39 is 0 Å². The number of carbonyl (C=O) groups is 1. The third-order valence-corrected chi connectivity index (χ3v) is 3.34. The average molecular weight is 217 g/mol. The molecule has 0 aromatic heterocycles. The van der Waals surface area contributed by atoms with Gasteiger partial charge in [-0.1, -0.05) is 18.2 Å². The van der Waals surface area contributed by atoms with Gasteiger partial charge in [-0.25, -0.2) is 4.79 Å². The highest BCUT2D eigenvalue weighted by Crippen LogP contribution is 2.25. The van der Waals surface area contributed by atoms with E-state index in [0.29, 0.717) is 6.04 Å². The van der Waals surface area contributed by atoms with Crippen LogP contribution in [0, 0.1) is 0 Å². The number of para-hydroxylation sites is 1. The maximum Gasteiger partial charge on any atom is 0.322 e. The summed E-state index contributed by atoms with van der Waals surface area (Å²) in [7, 11) is 0. The third kappa shape index (κ3) is 1.55. The third-order valence-electron chi connectivity index (χ3n) is 3.34. The number of nitrogens with zero attached hydrogens (tertiary/aromatic N) is 1. The Balaban J connectivity index is 1.86. The smallest absolute Gasteiger partial charge is 0.316 e. The van der Waals surface area contributed by atoms with Crippen molar-refractivity contribution in [1.82, 2.24) is 10.2 Å². The molecule has 2 aliphatic rings. The van der Waals surface area contributed by atoms with Crippen LogP contribution in [0.2, 0.25) is 0 Å². The van der Waals surface area contributed by atoms with Crippen molar-refractivity contribution in [3.05, 3.63) is 29.8 Å². The van der Waals surface area contributed by atoms with Crippen LogP contribution < -0.4 is 10.6 Å². The van der Waals surface area contributed by atoms with Crippen LogP contribution in [0.15, 0.2) is 24.3 Å². The Hall–Kier alpha value is -1.55. The fourth-order valence-electron chi connectivity index (χ4n) is 2.42. The normalized spacial score (nSPS) is 24.1. The zero-order chi connectivity index (χ0) is 11.0. The highest BCUT2D eigenvalue weighted by Gasteiger charge is 2.30. The van der Waals surface area contributed by atoms with Gasteiger partial charge in [0.1, 0.15) is 0 Å². The van der Waals surface area contributed by atoms with Gasteiger partial charge in [-0.3, -0.25) is 0 Å². The van der Waals surface area contributed by atoms with E-state index in [0.717, 1.165) is 31.7 Å². The topological polar surface area (TPSA) is 44.4 Å². The molecular weight excluding hydrogens is 202 g/mol. The molecule has 1 atom stereocenters. The molecule has 3 rings (SSSR count). The fourth-order valence-corrected chi connectivity index (χ4v) is 2.42. The Morgan fingerprint density at radius 2 is 2.19 bits per heavy atom. The first kappa shape index (κ1) is 9.66. The van der Waals surface area contributed by atoms with E-state index >= 15 is 0 Å². The molecule has 0 spiro atoms. The molecule has 2 N–H and O–H groups in total. The molecule has 0 bridgehead atoms. The maximum atomic E-state index is 11.9. The lowest BCUT2D eigenvalue weighted by molar-refractivity contribution is 0.186. The van der Waals surface area contributed by atoms with Gasteiger partial charge in [0.25, 0.3) is 0 Å². The summed E-state index contributed by atoms with van der Waals surface area (Å²) >= 11 is 0. The van der Waals surface area contributed by atoms with E-state index in [-0.39, 0.29) is 6.03 Å². The molecule has 2 amide bonds. The van der Waals surface area contributed by atoms with Gasteiger partial charge in [-0.2, -0.15) is 0 Å². The minimum Gasteiger partial charge on any atom is -0.316 e. The van der Waals surface area contributed by atoms with Gasteiger partial charge >= 0.3 is 6.03 Å². The van der Waals surface area contributed by atoms with Crippen LogP contribution >= 0.6 is 0 Å². The molecule has 4 heteroatoms. The SMILES string of the molecule is O=C1Nc2ccccc2CN1C1CCNC1. The van der Waals surface area contributed by atoms with Crippen LogP contribution in [-0.2, 0) is 6.54 Å². The van der Waals surface area contributed by atoms with Gasteiger partial charge in [-0.05, 0) is 24.6 Å². The van der Waals surface area contributed by atoms with Gasteiger partial charge in [0, 0.05) is 24.8 Å². The first-order valence-electron chi connectivity index (χ1n) is 5.71. The zero-order valence-electron chi connectivity index (χ0n) is 9.07. The lowest BCUT2D eigenvalue weighted by Crippen LogP contribution is -2.46. The van der Waals surface area contributed by atoms with Crippen molar-refractivity contribution < 1.29 is 4.79 Å². The van der Waals surface area contributed by atoms with Crippen molar-refractivity contribution >= 4 is 11.7 Å². The van der Waals surface area contributed by atoms with Crippen LogP contribution in [0.4, 0.5) is 10.5 Å². The zero-order valence-corrected chi connectivity index (χ0v) is 9.07. The van der Waals surface area contributed by atoms with Crippen molar-refractivity contribution in [2.24, 2.45) is 0 Å². The summed E-state index contributed by atoms with van der Waals surface area (Å²) < 4.78 is 0. The molecule has 0 radical (unpaired) electrons. The van der Waals surface area contributed by atoms with Gasteiger partial charge < -0.3 is 15.5 Å². The summed E-state index contributed by atoms with van der Waals surface area (Å²) in [5.74, 6) is 0. The Morgan fingerprint density at radius 3 is 3.00 bits per heavy atom.